The van der Waals surface area contributed by atoms with E-state index in [1.54, 1.807) is 22.9 Å². The van der Waals surface area contributed by atoms with Crippen molar-refractivity contribution in [3.8, 4) is 0 Å². The van der Waals surface area contributed by atoms with Gasteiger partial charge >= 0.3 is 6.18 Å². The van der Waals surface area contributed by atoms with Crippen molar-refractivity contribution in [2.24, 2.45) is 4.40 Å². The maximum atomic E-state index is 12.3. The topological polar surface area (TPSA) is 15.6 Å². The molecule has 2 nitrogen and oxygen atoms in total. The molecule has 0 bridgehead atoms. The van der Waals surface area contributed by atoms with E-state index < -0.39 is 12.6 Å². The number of halogens is 3. The molecular weight excluding hydrogens is 293 g/mol. The molecule has 2 rings (SSSR count). The minimum Gasteiger partial charge on any atom is -0.357 e. The Morgan fingerprint density at radius 1 is 1.26 bits per heavy atom. The molecule has 0 amide bonds. The fourth-order valence-electron chi connectivity index (χ4n) is 1.80. The lowest BCUT2D eigenvalue weighted by Gasteiger charge is -2.25. The third-order valence-corrected chi connectivity index (χ3v) is 5.09. The van der Waals surface area contributed by atoms with Gasteiger partial charge in [-0.3, -0.25) is 0 Å². The highest BCUT2D eigenvalue weighted by molar-refractivity contribution is 8.77. The van der Waals surface area contributed by atoms with E-state index in [-0.39, 0.29) is 10.9 Å². The van der Waals surface area contributed by atoms with E-state index in [0.717, 1.165) is 11.4 Å². The highest BCUT2D eigenvalue weighted by atomic mass is 33.1. The van der Waals surface area contributed by atoms with Crippen molar-refractivity contribution in [1.29, 1.82) is 0 Å². The first-order valence-corrected chi connectivity index (χ1v) is 7.79. The first-order valence-electron chi connectivity index (χ1n) is 5.62. The molecule has 0 saturated heterocycles. The van der Waals surface area contributed by atoms with Crippen LogP contribution in [-0.2, 0) is 6.42 Å². The largest absolute Gasteiger partial charge is 0.393 e. The Kier molecular flexibility index (Phi) is 4.35. The summed E-state index contributed by atoms with van der Waals surface area (Å²) in [5.74, 6) is 0. The number of anilines is 1. The summed E-state index contributed by atoms with van der Waals surface area (Å²) in [5, 5.41) is 0.137. The van der Waals surface area contributed by atoms with Gasteiger partial charge < -0.3 is 4.90 Å². The number of nitrogens with zero attached hydrogens (tertiary/aromatic N) is 2. The SMILES string of the molecule is CC1=NSSC1N(C)c1ccc(CC(F)(F)F)cc1. The monoisotopic (exact) mass is 306 g/mol. The Balaban J connectivity index is 2.08. The van der Waals surface area contributed by atoms with Crippen LogP contribution in [0.1, 0.15) is 12.5 Å². The van der Waals surface area contributed by atoms with Gasteiger partial charge in [0.05, 0.1) is 12.1 Å². The van der Waals surface area contributed by atoms with E-state index in [1.807, 2.05) is 18.9 Å². The Labute approximate surface area is 118 Å². The average Bonchev–Trinajstić information content (AvgIpc) is 2.73. The fourth-order valence-corrected chi connectivity index (χ4v) is 4.18. The fraction of sp³-hybridized carbons (Fsp3) is 0.417. The molecule has 1 aliphatic rings. The van der Waals surface area contributed by atoms with Gasteiger partial charge in [-0.05, 0) is 35.4 Å². The number of hydrogen-bond acceptors (Lipinski definition) is 4. The second-order valence-corrected chi connectivity index (χ2v) is 6.32. The Hall–Kier alpha value is -0.820. The predicted molar refractivity (Wildman–Crippen MR) is 76.7 cm³/mol. The van der Waals surface area contributed by atoms with Gasteiger partial charge in [0.15, 0.2) is 0 Å². The zero-order valence-electron chi connectivity index (χ0n) is 10.4. The van der Waals surface area contributed by atoms with Gasteiger partial charge in [0.2, 0.25) is 0 Å². The normalized spacial score (nSPS) is 19.4. The van der Waals surface area contributed by atoms with E-state index in [0.29, 0.717) is 0 Å². The second-order valence-electron chi connectivity index (χ2n) is 4.33. The molecule has 7 heteroatoms. The molecule has 1 heterocycles. The van der Waals surface area contributed by atoms with E-state index in [9.17, 15) is 13.2 Å². The van der Waals surface area contributed by atoms with Crippen molar-refractivity contribution < 1.29 is 13.2 Å². The van der Waals surface area contributed by atoms with Crippen molar-refractivity contribution in [1.82, 2.24) is 0 Å². The number of rotatable bonds is 3. The molecule has 1 aromatic rings. The summed E-state index contributed by atoms with van der Waals surface area (Å²) in [4.78, 5) is 2.01. The van der Waals surface area contributed by atoms with Gasteiger partial charge in [0.25, 0.3) is 0 Å². The van der Waals surface area contributed by atoms with Crippen molar-refractivity contribution in [3.63, 3.8) is 0 Å². The smallest absolute Gasteiger partial charge is 0.357 e. The van der Waals surface area contributed by atoms with Gasteiger partial charge in [0.1, 0.15) is 5.37 Å². The highest BCUT2D eigenvalue weighted by Crippen LogP contribution is 2.38. The van der Waals surface area contributed by atoms with E-state index in [4.69, 9.17) is 0 Å². The van der Waals surface area contributed by atoms with Crippen molar-refractivity contribution >= 4 is 33.2 Å². The van der Waals surface area contributed by atoms with Gasteiger partial charge in [0, 0.05) is 23.7 Å². The third kappa shape index (κ3) is 3.82. The van der Waals surface area contributed by atoms with Crippen LogP contribution in [0.5, 0.6) is 0 Å². The molecule has 0 radical (unpaired) electrons. The molecular formula is C12H13F3N2S2. The van der Waals surface area contributed by atoms with Crippen molar-refractivity contribution in [2.75, 3.05) is 11.9 Å². The molecule has 0 spiro atoms. The first-order chi connectivity index (χ1) is 8.87. The molecule has 1 atom stereocenters. The molecule has 0 aliphatic carbocycles. The lowest BCUT2D eigenvalue weighted by molar-refractivity contribution is -0.127. The lowest BCUT2D eigenvalue weighted by atomic mass is 10.1. The summed E-state index contributed by atoms with van der Waals surface area (Å²) in [6, 6.07) is 6.49. The van der Waals surface area contributed by atoms with Crippen LogP contribution < -0.4 is 4.90 Å². The number of benzene rings is 1. The summed E-state index contributed by atoms with van der Waals surface area (Å²) in [7, 11) is 4.98. The molecule has 0 N–H and O–H groups in total. The summed E-state index contributed by atoms with van der Waals surface area (Å²) >= 11 is 0. The Bertz CT molecular complexity index is 471. The molecule has 0 fully saturated rings. The summed E-state index contributed by atoms with van der Waals surface area (Å²) in [6.07, 6.45) is -5.04. The van der Waals surface area contributed by atoms with Gasteiger partial charge in [-0.25, -0.2) is 4.40 Å². The molecule has 0 saturated carbocycles. The zero-order chi connectivity index (χ0) is 14.0. The first kappa shape index (κ1) is 14.6. The van der Waals surface area contributed by atoms with Crippen LogP contribution in [0.15, 0.2) is 28.7 Å². The van der Waals surface area contributed by atoms with E-state index in [1.165, 1.54) is 23.1 Å². The average molecular weight is 306 g/mol. The van der Waals surface area contributed by atoms with Crippen LogP contribution in [-0.4, -0.2) is 24.3 Å². The lowest BCUT2D eigenvalue weighted by Crippen LogP contribution is -2.32. The van der Waals surface area contributed by atoms with Gasteiger partial charge in [-0.2, -0.15) is 13.2 Å². The molecule has 0 aromatic heterocycles. The molecule has 1 aromatic carbocycles. The maximum absolute atomic E-state index is 12.3. The van der Waals surface area contributed by atoms with Crippen molar-refractivity contribution in [2.45, 2.75) is 24.9 Å². The molecule has 104 valence electrons. The minimum absolute atomic E-state index is 0.137. The highest BCUT2D eigenvalue weighted by Gasteiger charge is 2.28. The van der Waals surface area contributed by atoms with Crippen molar-refractivity contribution in [3.05, 3.63) is 29.8 Å². The van der Waals surface area contributed by atoms with Gasteiger partial charge in [-0.1, -0.05) is 12.1 Å². The third-order valence-electron chi connectivity index (χ3n) is 2.77. The van der Waals surface area contributed by atoms with Crippen LogP contribution in [0.3, 0.4) is 0 Å². The van der Waals surface area contributed by atoms with E-state index in [2.05, 4.69) is 4.40 Å². The zero-order valence-corrected chi connectivity index (χ0v) is 12.1. The number of hydrogen-bond donors (Lipinski definition) is 0. The summed E-state index contributed by atoms with van der Waals surface area (Å²) in [6.45, 7) is 1.95. The maximum Gasteiger partial charge on any atom is 0.393 e. The second kappa shape index (κ2) is 5.66. The van der Waals surface area contributed by atoms with E-state index >= 15 is 0 Å². The van der Waals surface area contributed by atoms with Crippen LogP contribution in [0.25, 0.3) is 0 Å². The Morgan fingerprint density at radius 2 is 1.89 bits per heavy atom. The van der Waals surface area contributed by atoms with Crippen LogP contribution >= 0.6 is 21.8 Å². The minimum atomic E-state index is -4.16. The standard InChI is InChI=1S/C12H13F3N2S2/c1-8-11(18-19-16-8)17(2)10-5-3-9(4-6-10)7-12(13,14)15/h3-6,11H,7H2,1-2H3. The molecule has 1 aliphatic heterocycles. The quantitative estimate of drug-likeness (QED) is 0.611. The summed E-state index contributed by atoms with van der Waals surface area (Å²) < 4.78 is 41.0. The predicted octanol–water partition coefficient (Wildman–Crippen LogP) is 4.32. The Morgan fingerprint density at radius 3 is 2.37 bits per heavy atom. The number of alkyl halides is 3. The molecule has 19 heavy (non-hydrogen) atoms. The van der Waals surface area contributed by atoms with Crippen LogP contribution in [0.4, 0.5) is 18.9 Å². The van der Waals surface area contributed by atoms with Crippen LogP contribution in [0, 0.1) is 0 Å². The molecule has 1 unspecified atom stereocenters. The van der Waals surface area contributed by atoms with Gasteiger partial charge in [-0.15, -0.1) is 0 Å². The van der Waals surface area contributed by atoms with Crippen LogP contribution in [0.2, 0.25) is 0 Å². The summed E-state index contributed by atoms with van der Waals surface area (Å²) in [5.41, 5.74) is 2.18.